The number of nitrogens with one attached hydrogen (secondary N) is 2. The summed E-state index contributed by atoms with van der Waals surface area (Å²) in [6, 6.07) is 10.3. The van der Waals surface area contributed by atoms with Gasteiger partial charge < -0.3 is 10.6 Å². The predicted octanol–water partition coefficient (Wildman–Crippen LogP) is 5.36. The van der Waals surface area contributed by atoms with Crippen molar-refractivity contribution in [3.8, 4) is 11.3 Å². The van der Waals surface area contributed by atoms with Gasteiger partial charge >= 0.3 is 0 Å². The van der Waals surface area contributed by atoms with Crippen molar-refractivity contribution in [3.05, 3.63) is 75.4 Å². The average molecular weight is 485 g/mol. The number of aryl methyl sites for hydroxylation is 3. The van der Waals surface area contributed by atoms with E-state index >= 15 is 0 Å². The monoisotopic (exact) mass is 484 g/mol. The van der Waals surface area contributed by atoms with Crippen LogP contribution in [0.2, 0.25) is 0 Å². The highest BCUT2D eigenvalue weighted by molar-refractivity contribution is 7.14. The highest BCUT2D eigenvalue weighted by atomic mass is 32.1. The van der Waals surface area contributed by atoms with E-state index in [9.17, 15) is 4.79 Å². The second-order valence-corrected chi connectivity index (χ2v) is 10.7. The zero-order valence-electron chi connectivity index (χ0n) is 19.9. The molecule has 3 aromatic heterocycles. The minimum absolute atomic E-state index is 0.0330. The smallest absolute Gasteiger partial charge is 0.261 e. The van der Waals surface area contributed by atoms with Gasteiger partial charge in [0.1, 0.15) is 0 Å². The van der Waals surface area contributed by atoms with Gasteiger partial charge in [0.15, 0.2) is 0 Å². The summed E-state index contributed by atoms with van der Waals surface area (Å²) in [6.45, 7) is 2.58. The van der Waals surface area contributed by atoms with E-state index in [1.54, 1.807) is 28.4 Å². The molecule has 0 aliphatic heterocycles. The number of fused-ring (bicyclic) bond motifs is 3. The van der Waals surface area contributed by atoms with Crippen LogP contribution in [0, 0.1) is 12.8 Å². The van der Waals surface area contributed by atoms with Gasteiger partial charge in [0.25, 0.3) is 5.91 Å². The molecule has 0 saturated heterocycles. The highest BCUT2D eigenvalue weighted by Gasteiger charge is 2.41. The van der Waals surface area contributed by atoms with E-state index in [2.05, 4.69) is 50.8 Å². The van der Waals surface area contributed by atoms with Gasteiger partial charge in [-0.3, -0.25) is 9.48 Å². The number of aromatic nitrogens is 4. The topological polar surface area (TPSA) is 84.7 Å². The third-order valence-electron chi connectivity index (χ3n) is 7.06. The summed E-state index contributed by atoms with van der Waals surface area (Å²) in [5, 5.41) is 10.5. The maximum Gasteiger partial charge on any atom is 0.261 e. The van der Waals surface area contributed by atoms with Crippen LogP contribution in [0.4, 0.5) is 11.6 Å². The van der Waals surface area contributed by atoms with Gasteiger partial charge in [-0.2, -0.15) is 5.10 Å². The number of nitrogens with zero attached hydrogens (tertiary/aromatic N) is 4. The molecule has 178 valence electrons. The van der Waals surface area contributed by atoms with Gasteiger partial charge in [0, 0.05) is 36.4 Å². The zero-order chi connectivity index (χ0) is 23.9. The molecule has 0 radical (unpaired) electrons. The first-order valence-electron chi connectivity index (χ1n) is 12.1. The Bertz CT molecular complexity index is 1410. The molecular formula is C27H28N6OS. The molecule has 2 N–H and O–H groups in total. The summed E-state index contributed by atoms with van der Waals surface area (Å²) in [6.07, 6.45) is 10.4. The Labute approximate surface area is 208 Å². The minimum Gasteiger partial charge on any atom is -0.347 e. The molecule has 1 saturated carbocycles. The number of hydrogen-bond donors (Lipinski definition) is 2. The Morgan fingerprint density at radius 3 is 3.00 bits per heavy atom. The second kappa shape index (κ2) is 8.92. The predicted molar refractivity (Wildman–Crippen MR) is 138 cm³/mol. The number of benzene rings is 1. The van der Waals surface area contributed by atoms with Crippen LogP contribution in [-0.4, -0.2) is 25.7 Å². The van der Waals surface area contributed by atoms with E-state index < -0.39 is 0 Å². The molecule has 3 heterocycles. The molecule has 8 heteroatoms. The van der Waals surface area contributed by atoms with Gasteiger partial charge in [-0.15, -0.1) is 11.3 Å². The van der Waals surface area contributed by atoms with Crippen molar-refractivity contribution in [3.63, 3.8) is 0 Å². The minimum atomic E-state index is 0.0330. The van der Waals surface area contributed by atoms with E-state index in [4.69, 9.17) is 0 Å². The van der Waals surface area contributed by atoms with Crippen molar-refractivity contribution in [2.45, 2.75) is 45.1 Å². The first kappa shape index (κ1) is 22.0. The Kier molecular flexibility index (Phi) is 5.60. The summed E-state index contributed by atoms with van der Waals surface area (Å²) < 4.78 is 1.73. The molecule has 4 aromatic rings. The van der Waals surface area contributed by atoms with Crippen LogP contribution in [-0.2, 0) is 20.0 Å². The van der Waals surface area contributed by atoms with Gasteiger partial charge in [-0.05, 0) is 79.3 Å². The zero-order valence-corrected chi connectivity index (χ0v) is 20.7. The average Bonchev–Trinajstić information content (AvgIpc) is 3.36. The summed E-state index contributed by atoms with van der Waals surface area (Å²) in [4.78, 5) is 24.2. The van der Waals surface area contributed by atoms with Gasteiger partial charge in [0.05, 0.1) is 22.5 Å². The van der Waals surface area contributed by atoms with Crippen molar-refractivity contribution in [2.75, 3.05) is 5.32 Å². The van der Waals surface area contributed by atoms with Crippen molar-refractivity contribution < 1.29 is 4.79 Å². The molecule has 2 atom stereocenters. The normalized spacial score (nSPS) is 18.3. The van der Waals surface area contributed by atoms with Crippen LogP contribution in [0.25, 0.3) is 11.3 Å². The lowest BCUT2D eigenvalue weighted by Gasteiger charge is -2.10. The Morgan fingerprint density at radius 2 is 2.17 bits per heavy atom. The lowest BCUT2D eigenvalue weighted by atomic mass is 10.0. The molecule has 0 spiro atoms. The largest absolute Gasteiger partial charge is 0.347 e. The van der Waals surface area contributed by atoms with Crippen molar-refractivity contribution in [2.24, 2.45) is 13.0 Å². The fraction of sp³-hybridized carbons (Fsp3) is 0.333. The molecule has 7 nitrogen and oxygen atoms in total. The number of carbonyl (C=O) groups excluding carboxylic acids is 1. The number of amides is 1. The van der Waals surface area contributed by atoms with Crippen molar-refractivity contribution in [1.82, 2.24) is 25.1 Å². The SMILES string of the molecule is Cc1cc(-c2ccnc(Nc3cnn(C)c3)n2)ccc1CNC(=O)c1cc2c(s1)CCCC1CC21. The molecule has 35 heavy (non-hydrogen) atoms. The maximum atomic E-state index is 12.9. The summed E-state index contributed by atoms with van der Waals surface area (Å²) in [5.74, 6) is 2.13. The van der Waals surface area contributed by atoms with Gasteiger partial charge in [-0.25, -0.2) is 9.97 Å². The third kappa shape index (κ3) is 4.58. The molecule has 1 amide bonds. The van der Waals surface area contributed by atoms with Gasteiger partial charge in [-0.1, -0.05) is 12.1 Å². The van der Waals surface area contributed by atoms with E-state index in [1.165, 1.54) is 29.7 Å². The molecule has 1 aromatic carbocycles. The van der Waals surface area contributed by atoms with Crippen LogP contribution < -0.4 is 10.6 Å². The lowest BCUT2D eigenvalue weighted by molar-refractivity contribution is 0.0955. The summed E-state index contributed by atoms with van der Waals surface area (Å²) >= 11 is 1.69. The molecule has 2 aliphatic rings. The number of anilines is 2. The number of hydrogen-bond acceptors (Lipinski definition) is 6. The van der Waals surface area contributed by atoms with E-state index in [-0.39, 0.29) is 5.91 Å². The van der Waals surface area contributed by atoms with E-state index in [0.717, 1.165) is 45.3 Å². The lowest BCUT2D eigenvalue weighted by Crippen LogP contribution is -2.22. The van der Waals surface area contributed by atoms with Gasteiger partial charge in [0.2, 0.25) is 5.95 Å². The summed E-state index contributed by atoms with van der Waals surface area (Å²) in [5.41, 5.74) is 6.35. The molecule has 2 unspecified atom stereocenters. The third-order valence-corrected chi connectivity index (χ3v) is 8.27. The molecule has 0 bridgehead atoms. The Balaban J connectivity index is 1.12. The van der Waals surface area contributed by atoms with Crippen molar-refractivity contribution >= 4 is 28.9 Å². The molecule has 6 rings (SSSR count). The molecule has 2 aliphatic carbocycles. The van der Waals surface area contributed by atoms with E-state index in [0.29, 0.717) is 18.4 Å². The highest BCUT2D eigenvalue weighted by Crippen LogP contribution is 2.54. The first-order chi connectivity index (χ1) is 17.0. The number of rotatable bonds is 6. The second-order valence-electron chi connectivity index (χ2n) is 9.60. The van der Waals surface area contributed by atoms with Crippen LogP contribution in [0.5, 0.6) is 0 Å². The first-order valence-corrected chi connectivity index (χ1v) is 12.9. The number of thiophene rings is 1. The van der Waals surface area contributed by atoms with E-state index in [1.807, 2.05) is 25.4 Å². The molecular weight excluding hydrogens is 456 g/mol. The fourth-order valence-corrected chi connectivity index (χ4v) is 6.24. The van der Waals surface area contributed by atoms with Crippen LogP contribution in [0.3, 0.4) is 0 Å². The van der Waals surface area contributed by atoms with Crippen LogP contribution in [0.1, 0.15) is 56.4 Å². The number of carbonyl (C=O) groups is 1. The quantitative estimate of drug-likeness (QED) is 0.385. The standard InChI is InChI=1S/C27H28N6OS/c1-16-10-18(23-8-9-28-27(32-23)31-20-14-30-33(2)15-20)6-7-19(16)13-29-26(34)25-12-22-21-11-17(21)4-3-5-24(22)35-25/h6-10,12,14-15,17,21H,3-5,11,13H2,1-2H3,(H,29,34)(H,28,31,32). The Morgan fingerprint density at radius 1 is 1.26 bits per heavy atom. The Hall–Kier alpha value is -3.52. The van der Waals surface area contributed by atoms with Crippen LogP contribution in [0.15, 0.2) is 48.9 Å². The maximum absolute atomic E-state index is 12.9. The summed E-state index contributed by atoms with van der Waals surface area (Å²) in [7, 11) is 1.87. The fourth-order valence-electron chi connectivity index (χ4n) is 5.05. The van der Waals surface area contributed by atoms with Crippen LogP contribution >= 0.6 is 11.3 Å². The van der Waals surface area contributed by atoms with Crippen molar-refractivity contribution in [1.29, 1.82) is 0 Å². The molecule has 1 fully saturated rings.